The van der Waals surface area contributed by atoms with Crippen molar-refractivity contribution in [2.24, 2.45) is 0 Å². The van der Waals surface area contributed by atoms with Crippen molar-refractivity contribution in [2.75, 3.05) is 19.8 Å². The molecule has 1 heterocycles. The van der Waals surface area contributed by atoms with E-state index in [2.05, 4.69) is 5.32 Å². The summed E-state index contributed by atoms with van der Waals surface area (Å²) in [5.41, 5.74) is 1.73. The number of carbonyl (C=O) groups is 1. The summed E-state index contributed by atoms with van der Waals surface area (Å²) in [4.78, 5) is 12.3. The van der Waals surface area contributed by atoms with Gasteiger partial charge in [-0.1, -0.05) is 17.7 Å². The van der Waals surface area contributed by atoms with Crippen molar-refractivity contribution >= 4 is 5.91 Å². The van der Waals surface area contributed by atoms with Gasteiger partial charge in [0.15, 0.2) is 11.5 Å². The molecule has 5 nitrogen and oxygen atoms in total. The van der Waals surface area contributed by atoms with Crippen molar-refractivity contribution in [3.8, 4) is 17.2 Å². The SMILES string of the molecule is Cc1ccc(OC[C@@H](C)NC(=O)c2ccc3c(c2)OCCO3)cc1. The molecule has 0 spiro atoms. The van der Waals surface area contributed by atoms with E-state index < -0.39 is 0 Å². The van der Waals surface area contributed by atoms with Crippen molar-refractivity contribution in [1.82, 2.24) is 5.32 Å². The molecule has 1 aliphatic heterocycles. The van der Waals surface area contributed by atoms with Gasteiger partial charge in [-0.3, -0.25) is 4.79 Å². The molecule has 1 atom stereocenters. The molecule has 0 bridgehead atoms. The van der Waals surface area contributed by atoms with Gasteiger partial charge < -0.3 is 19.5 Å². The van der Waals surface area contributed by atoms with Crippen LogP contribution in [0.3, 0.4) is 0 Å². The highest BCUT2D eigenvalue weighted by molar-refractivity contribution is 5.95. The maximum absolute atomic E-state index is 12.3. The van der Waals surface area contributed by atoms with Crippen LogP contribution in [0, 0.1) is 6.92 Å². The van der Waals surface area contributed by atoms with Crippen LogP contribution in [0.5, 0.6) is 17.2 Å². The Morgan fingerprint density at radius 2 is 1.83 bits per heavy atom. The second-order valence-electron chi connectivity index (χ2n) is 5.86. The average Bonchev–Trinajstić information content (AvgIpc) is 2.61. The lowest BCUT2D eigenvalue weighted by atomic mass is 10.1. The quantitative estimate of drug-likeness (QED) is 0.917. The summed E-state index contributed by atoms with van der Waals surface area (Å²) >= 11 is 0. The van der Waals surface area contributed by atoms with E-state index in [1.165, 1.54) is 5.56 Å². The van der Waals surface area contributed by atoms with Crippen molar-refractivity contribution in [3.05, 3.63) is 53.6 Å². The van der Waals surface area contributed by atoms with Crippen LogP contribution >= 0.6 is 0 Å². The fourth-order valence-corrected chi connectivity index (χ4v) is 2.39. The second kappa shape index (κ2) is 7.25. The Hall–Kier alpha value is -2.69. The standard InChI is InChI=1S/C19H21NO4/c1-13-3-6-16(7-4-13)24-12-14(2)20-19(21)15-5-8-17-18(11-15)23-10-9-22-17/h3-8,11,14H,9-10,12H2,1-2H3,(H,20,21)/t14-/m1/s1. The molecule has 0 fully saturated rings. The Kier molecular flexibility index (Phi) is 4.89. The zero-order valence-electron chi connectivity index (χ0n) is 13.9. The Morgan fingerprint density at radius 3 is 2.58 bits per heavy atom. The van der Waals surface area contributed by atoms with Gasteiger partial charge >= 0.3 is 0 Å². The number of ether oxygens (including phenoxy) is 3. The monoisotopic (exact) mass is 327 g/mol. The lowest BCUT2D eigenvalue weighted by Gasteiger charge is -2.19. The highest BCUT2D eigenvalue weighted by Crippen LogP contribution is 2.30. The number of carbonyl (C=O) groups excluding carboxylic acids is 1. The molecule has 2 aromatic rings. The molecule has 1 amide bonds. The van der Waals surface area contributed by atoms with Crippen LogP contribution in [-0.4, -0.2) is 31.8 Å². The van der Waals surface area contributed by atoms with Crippen molar-refractivity contribution in [3.63, 3.8) is 0 Å². The summed E-state index contributed by atoms with van der Waals surface area (Å²) in [6.45, 7) is 5.37. The smallest absolute Gasteiger partial charge is 0.251 e. The molecule has 0 radical (unpaired) electrons. The largest absolute Gasteiger partial charge is 0.491 e. The molecule has 24 heavy (non-hydrogen) atoms. The number of benzene rings is 2. The van der Waals surface area contributed by atoms with Crippen LogP contribution in [0.25, 0.3) is 0 Å². The molecule has 0 unspecified atom stereocenters. The molecule has 126 valence electrons. The van der Waals surface area contributed by atoms with Gasteiger partial charge in [0.1, 0.15) is 25.6 Å². The molecular weight excluding hydrogens is 306 g/mol. The van der Waals surface area contributed by atoms with Gasteiger partial charge in [-0.2, -0.15) is 0 Å². The van der Waals surface area contributed by atoms with Crippen molar-refractivity contribution in [1.29, 1.82) is 0 Å². The first kappa shape index (κ1) is 16.2. The Balaban J connectivity index is 1.55. The number of rotatable bonds is 5. The Morgan fingerprint density at radius 1 is 1.12 bits per heavy atom. The molecule has 0 saturated heterocycles. The number of fused-ring (bicyclic) bond motifs is 1. The molecule has 3 rings (SSSR count). The summed E-state index contributed by atoms with van der Waals surface area (Å²) < 4.78 is 16.7. The van der Waals surface area contributed by atoms with E-state index >= 15 is 0 Å². The predicted molar refractivity (Wildman–Crippen MR) is 91.0 cm³/mol. The lowest BCUT2D eigenvalue weighted by molar-refractivity contribution is 0.0925. The molecule has 0 saturated carbocycles. The maximum atomic E-state index is 12.3. The molecule has 0 aromatic heterocycles. The number of nitrogens with one attached hydrogen (secondary N) is 1. The highest BCUT2D eigenvalue weighted by Gasteiger charge is 2.16. The third kappa shape index (κ3) is 3.98. The number of hydrogen-bond donors (Lipinski definition) is 1. The molecular formula is C19H21NO4. The third-order valence-electron chi connectivity index (χ3n) is 3.70. The van der Waals surface area contributed by atoms with Gasteiger partial charge in [-0.25, -0.2) is 0 Å². The van der Waals surface area contributed by atoms with Gasteiger partial charge in [0, 0.05) is 5.56 Å². The summed E-state index contributed by atoms with van der Waals surface area (Å²) in [5, 5.41) is 2.92. The minimum atomic E-state index is -0.160. The molecule has 2 aromatic carbocycles. The van der Waals surface area contributed by atoms with Crippen molar-refractivity contribution < 1.29 is 19.0 Å². The minimum Gasteiger partial charge on any atom is -0.491 e. The van der Waals surface area contributed by atoms with E-state index in [0.717, 1.165) is 5.75 Å². The molecule has 5 heteroatoms. The van der Waals surface area contributed by atoms with Gasteiger partial charge in [0.25, 0.3) is 5.91 Å². The highest BCUT2D eigenvalue weighted by atomic mass is 16.6. The van der Waals surface area contributed by atoms with Crippen LogP contribution in [0.15, 0.2) is 42.5 Å². The molecule has 1 aliphatic rings. The minimum absolute atomic E-state index is 0.119. The van der Waals surface area contributed by atoms with Crippen molar-refractivity contribution in [2.45, 2.75) is 19.9 Å². The maximum Gasteiger partial charge on any atom is 0.251 e. The van der Waals surface area contributed by atoms with Gasteiger partial charge in [0.2, 0.25) is 0 Å². The first-order valence-electron chi connectivity index (χ1n) is 8.02. The first-order valence-corrected chi connectivity index (χ1v) is 8.02. The normalized spacial score (nSPS) is 13.9. The third-order valence-corrected chi connectivity index (χ3v) is 3.70. The summed E-state index contributed by atoms with van der Waals surface area (Å²) in [6.07, 6.45) is 0. The zero-order chi connectivity index (χ0) is 16.9. The fraction of sp³-hybridized carbons (Fsp3) is 0.316. The van der Waals surface area contributed by atoms with Gasteiger partial charge in [0.05, 0.1) is 6.04 Å². The topological polar surface area (TPSA) is 56.8 Å². The van der Waals surface area contributed by atoms with Crippen LogP contribution in [0.4, 0.5) is 0 Å². The van der Waals surface area contributed by atoms with E-state index in [0.29, 0.717) is 36.9 Å². The number of amides is 1. The van der Waals surface area contributed by atoms with E-state index in [-0.39, 0.29) is 11.9 Å². The Labute approximate surface area is 141 Å². The summed E-state index contributed by atoms with van der Waals surface area (Å²) in [7, 11) is 0. The van der Waals surface area contributed by atoms with E-state index in [4.69, 9.17) is 14.2 Å². The van der Waals surface area contributed by atoms with Crippen LogP contribution < -0.4 is 19.5 Å². The lowest BCUT2D eigenvalue weighted by Crippen LogP contribution is -2.36. The number of aryl methyl sites for hydroxylation is 1. The number of hydrogen-bond acceptors (Lipinski definition) is 4. The molecule has 1 N–H and O–H groups in total. The van der Waals surface area contributed by atoms with E-state index in [9.17, 15) is 4.79 Å². The summed E-state index contributed by atoms with van der Waals surface area (Å²) in [6, 6.07) is 12.9. The second-order valence-corrected chi connectivity index (χ2v) is 5.86. The Bertz CT molecular complexity index is 712. The first-order chi connectivity index (χ1) is 11.6. The van der Waals surface area contributed by atoms with E-state index in [1.807, 2.05) is 38.1 Å². The fourth-order valence-electron chi connectivity index (χ4n) is 2.39. The van der Waals surface area contributed by atoms with Crippen LogP contribution in [-0.2, 0) is 0 Å². The van der Waals surface area contributed by atoms with Crippen LogP contribution in [0.1, 0.15) is 22.8 Å². The van der Waals surface area contributed by atoms with E-state index in [1.54, 1.807) is 18.2 Å². The summed E-state index contributed by atoms with van der Waals surface area (Å²) in [5.74, 6) is 1.92. The van der Waals surface area contributed by atoms with Gasteiger partial charge in [-0.15, -0.1) is 0 Å². The van der Waals surface area contributed by atoms with Gasteiger partial charge in [-0.05, 0) is 44.2 Å². The predicted octanol–water partition coefficient (Wildman–Crippen LogP) is 2.96. The van der Waals surface area contributed by atoms with Crippen LogP contribution in [0.2, 0.25) is 0 Å². The molecule has 0 aliphatic carbocycles. The zero-order valence-corrected chi connectivity index (χ0v) is 13.9. The average molecular weight is 327 g/mol.